The van der Waals surface area contributed by atoms with E-state index in [4.69, 9.17) is 0 Å². The van der Waals surface area contributed by atoms with E-state index in [0.717, 1.165) is 16.8 Å². The Morgan fingerprint density at radius 2 is 1.80 bits per heavy atom. The summed E-state index contributed by atoms with van der Waals surface area (Å²) in [5.41, 5.74) is 2.33. The minimum Gasteiger partial charge on any atom is -0.360 e. The summed E-state index contributed by atoms with van der Waals surface area (Å²) in [6.45, 7) is 3.81. The molecular weight excluding hydrogens is 320 g/mol. The number of aryl methyl sites for hydroxylation is 2. The number of rotatable bonds is 5. The van der Waals surface area contributed by atoms with E-state index in [2.05, 4.69) is 10.6 Å². The fraction of sp³-hybridized carbons (Fsp3) is 0.111. The maximum absolute atomic E-state index is 12.2. The van der Waals surface area contributed by atoms with Gasteiger partial charge in [0.15, 0.2) is 0 Å². The predicted octanol–water partition coefficient (Wildman–Crippen LogP) is 3.67. The number of benzene rings is 2. The van der Waals surface area contributed by atoms with Crippen molar-refractivity contribution in [2.24, 2.45) is 0 Å². The van der Waals surface area contributed by atoms with Crippen LogP contribution in [0.1, 0.15) is 11.1 Å². The first-order valence-corrected chi connectivity index (χ1v) is 7.42. The van der Waals surface area contributed by atoms with Gasteiger partial charge in [-0.1, -0.05) is 30.3 Å². The molecule has 1 amide bonds. The number of para-hydroxylation sites is 3. The van der Waals surface area contributed by atoms with Crippen LogP contribution in [0, 0.1) is 35.3 Å². The van der Waals surface area contributed by atoms with Crippen LogP contribution < -0.4 is 10.6 Å². The van der Waals surface area contributed by atoms with Crippen LogP contribution in [-0.4, -0.2) is 10.8 Å². The molecule has 2 aromatic carbocycles. The molecule has 0 aliphatic rings. The van der Waals surface area contributed by atoms with Crippen molar-refractivity contribution in [2.45, 2.75) is 13.8 Å². The fourth-order valence-electron chi connectivity index (χ4n) is 2.26. The third-order valence-electron chi connectivity index (χ3n) is 3.56. The largest absolute Gasteiger partial charge is 0.360 e. The van der Waals surface area contributed by atoms with Crippen LogP contribution in [0.25, 0.3) is 0 Å². The van der Waals surface area contributed by atoms with Gasteiger partial charge < -0.3 is 10.6 Å². The summed E-state index contributed by atoms with van der Waals surface area (Å²) in [5.74, 6) is -0.726. The van der Waals surface area contributed by atoms with Crippen LogP contribution in [-0.2, 0) is 4.79 Å². The minimum atomic E-state index is -0.726. The van der Waals surface area contributed by atoms with Crippen LogP contribution in [0.4, 0.5) is 17.1 Å². The van der Waals surface area contributed by atoms with Gasteiger partial charge in [-0.25, -0.2) is 0 Å². The molecule has 0 saturated heterocycles. The van der Waals surface area contributed by atoms with Gasteiger partial charge in [0, 0.05) is 18.0 Å². The Kier molecular flexibility index (Phi) is 5.48. The number of amides is 1. The van der Waals surface area contributed by atoms with E-state index in [1.165, 1.54) is 24.4 Å². The molecule has 7 heteroatoms. The lowest BCUT2D eigenvalue weighted by Gasteiger charge is -2.10. The highest BCUT2D eigenvalue weighted by atomic mass is 16.6. The van der Waals surface area contributed by atoms with Gasteiger partial charge in [0.05, 0.1) is 4.92 Å². The molecule has 0 saturated carbocycles. The van der Waals surface area contributed by atoms with Crippen molar-refractivity contribution in [1.82, 2.24) is 0 Å². The van der Waals surface area contributed by atoms with Crippen molar-refractivity contribution < 1.29 is 9.72 Å². The van der Waals surface area contributed by atoms with Gasteiger partial charge >= 0.3 is 0 Å². The van der Waals surface area contributed by atoms with Crippen LogP contribution in [0.5, 0.6) is 0 Å². The Morgan fingerprint density at radius 3 is 2.40 bits per heavy atom. The zero-order valence-corrected chi connectivity index (χ0v) is 13.7. The molecule has 2 rings (SSSR count). The number of hydrogen-bond acceptors (Lipinski definition) is 5. The normalized spacial score (nSPS) is 10.7. The number of anilines is 2. The average molecular weight is 336 g/mol. The minimum absolute atomic E-state index is 0.0331. The fourth-order valence-corrected chi connectivity index (χ4v) is 2.26. The summed E-state index contributed by atoms with van der Waals surface area (Å²) in [4.78, 5) is 22.6. The average Bonchev–Trinajstić information content (AvgIpc) is 2.58. The number of carbonyl (C=O) groups is 1. The molecule has 0 bridgehead atoms. The molecule has 25 heavy (non-hydrogen) atoms. The first kappa shape index (κ1) is 17.7. The first-order valence-electron chi connectivity index (χ1n) is 7.42. The zero-order valence-electron chi connectivity index (χ0n) is 13.7. The van der Waals surface area contributed by atoms with E-state index >= 15 is 0 Å². The molecule has 0 aliphatic carbocycles. The molecule has 2 aromatic rings. The molecule has 0 fully saturated rings. The monoisotopic (exact) mass is 336 g/mol. The molecule has 0 aromatic heterocycles. The molecule has 2 N–H and O–H groups in total. The molecule has 126 valence electrons. The second-order valence-electron chi connectivity index (χ2n) is 5.31. The molecule has 0 spiro atoms. The first-order chi connectivity index (χ1) is 11.9. The highest BCUT2D eigenvalue weighted by Crippen LogP contribution is 2.24. The highest BCUT2D eigenvalue weighted by molar-refractivity contribution is 6.07. The third-order valence-corrected chi connectivity index (χ3v) is 3.56. The van der Waals surface area contributed by atoms with E-state index in [-0.39, 0.29) is 16.9 Å². The van der Waals surface area contributed by atoms with Crippen molar-refractivity contribution in [2.75, 3.05) is 10.6 Å². The van der Waals surface area contributed by atoms with Crippen molar-refractivity contribution in [3.05, 3.63) is 75.5 Å². The summed E-state index contributed by atoms with van der Waals surface area (Å²) in [6, 6.07) is 13.3. The van der Waals surface area contributed by atoms with Gasteiger partial charge in [0.25, 0.3) is 11.6 Å². The molecule has 0 atom stereocenters. The second-order valence-corrected chi connectivity index (χ2v) is 5.31. The van der Waals surface area contributed by atoms with E-state index < -0.39 is 10.8 Å². The third kappa shape index (κ3) is 4.20. The summed E-state index contributed by atoms with van der Waals surface area (Å²) >= 11 is 0. The van der Waals surface area contributed by atoms with E-state index in [1.54, 1.807) is 12.1 Å². The number of nitriles is 1. The van der Waals surface area contributed by atoms with Crippen LogP contribution in [0.2, 0.25) is 0 Å². The van der Waals surface area contributed by atoms with Crippen molar-refractivity contribution in [3.63, 3.8) is 0 Å². The van der Waals surface area contributed by atoms with Crippen molar-refractivity contribution in [1.29, 1.82) is 5.26 Å². The Labute approximate surface area is 144 Å². The number of nitro groups is 1. The van der Waals surface area contributed by atoms with Gasteiger partial charge in [-0.15, -0.1) is 0 Å². The maximum atomic E-state index is 12.2. The molecule has 0 radical (unpaired) electrons. The van der Waals surface area contributed by atoms with Gasteiger partial charge in [-0.05, 0) is 31.0 Å². The highest BCUT2D eigenvalue weighted by Gasteiger charge is 2.17. The quantitative estimate of drug-likeness (QED) is 0.375. The lowest BCUT2D eigenvalue weighted by atomic mass is 10.1. The van der Waals surface area contributed by atoms with E-state index in [9.17, 15) is 20.2 Å². The molecule has 0 unspecified atom stereocenters. The number of nitrogens with one attached hydrogen (secondary N) is 2. The summed E-state index contributed by atoms with van der Waals surface area (Å²) in [6.07, 6.45) is 1.29. The SMILES string of the molecule is Cc1cccc(C)c1N/C=C(/C#N)C(=O)Nc1ccccc1[N+](=O)[O-]. The second kappa shape index (κ2) is 7.75. The van der Waals surface area contributed by atoms with Crippen LogP contribution in [0.3, 0.4) is 0 Å². The Morgan fingerprint density at radius 1 is 1.16 bits per heavy atom. The van der Waals surface area contributed by atoms with E-state index in [1.807, 2.05) is 32.0 Å². The zero-order chi connectivity index (χ0) is 18.4. The lowest BCUT2D eigenvalue weighted by Crippen LogP contribution is -2.15. The van der Waals surface area contributed by atoms with Crippen LogP contribution in [0.15, 0.2) is 54.2 Å². The number of nitro benzene ring substituents is 1. The number of hydrogen-bond donors (Lipinski definition) is 2. The molecule has 7 nitrogen and oxygen atoms in total. The van der Waals surface area contributed by atoms with Gasteiger partial charge in [0.2, 0.25) is 0 Å². The number of nitrogens with zero attached hydrogens (tertiary/aromatic N) is 2. The summed E-state index contributed by atoms with van der Waals surface area (Å²) in [7, 11) is 0. The lowest BCUT2D eigenvalue weighted by molar-refractivity contribution is -0.383. The predicted molar refractivity (Wildman–Crippen MR) is 95.0 cm³/mol. The molecule has 0 heterocycles. The van der Waals surface area contributed by atoms with Gasteiger partial charge in [-0.3, -0.25) is 14.9 Å². The van der Waals surface area contributed by atoms with Crippen molar-refractivity contribution >= 4 is 23.0 Å². The summed E-state index contributed by atoms with van der Waals surface area (Å²) in [5, 5.41) is 25.6. The Hall–Kier alpha value is -3.66. The Balaban J connectivity index is 2.22. The van der Waals surface area contributed by atoms with Crippen molar-refractivity contribution in [3.8, 4) is 6.07 Å². The van der Waals surface area contributed by atoms with Gasteiger partial charge in [0.1, 0.15) is 17.3 Å². The van der Waals surface area contributed by atoms with Gasteiger partial charge in [-0.2, -0.15) is 5.26 Å². The smallest absolute Gasteiger partial charge is 0.292 e. The topological polar surface area (TPSA) is 108 Å². The van der Waals surface area contributed by atoms with E-state index in [0.29, 0.717) is 0 Å². The number of carbonyl (C=O) groups excluding carboxylic acids is 1. The standard InChI is InChI=1S/C18H16N4O3/c1-12-6-5-7-13(2)17(12)20-11-14(10-19)18(23)21-15-8-3-4-9-16(15)22(24)25/h3-9,11,20H,1-2H3,(H,21,23)/b14-11-. The summed E-state index contributed by atoms with van der Waals surface area (Å²) < 4.78 is 0. The molecule has 0 aliphatic heterocycles. The van der Waals surface area contributed by atoms with Crippen LogP contribution >= 0.6 is 0 Å². The Bertz CT molecular complexity index is 877. The maximum Gasteiger partial charge on any atom is 0.292 e. The molecular formula is C18H16N4O3.